The van der Waals surface area contributed by atoms with E-state index in [9.17, 15) is 15.8 Å². The molecule has 1 aliphatic carbocycles. The van der Waals surface area contributed by atoms with Crippen molar-refractivity contribution in [2.45, 2.75) is 12.8 Å². The normalized spacial score (nSPS) is 28.9. The average molecular weight is 399 g/mol. The molecule has 2 aliphatic rings. The molecular weight excluding hydrogens is 381 g/mol. The first-order valence-corrected chi connectivity index (χ1v) is 9.48. The third kappa shape index (κ3) is 2.91. The Kier molecular flexibility index (Phi) is 5.27. The molecule has 0 radical (unpaired) electrons. The minimum atomic E-state index is -1.76. The SMILES string of the molecule is CC[NH+]1CC=C2C(C#N)C(=N)C(C#N)(C#N)[C@H](c3cc(Cl)ccc3Cl)[C@H]2C1. The molecule has 5 nitrogen and oxygen atoms in total. The van der Waals surface area contributed by atoms with Crippen LogP contribution in [0.2, 0.25) is 10.0 Å². The topological polar surface area (TPSA) is 99.7 Å². The van der Waals surface area contributed by atoms with Gasteiger partial charge >= 0.3 is 0 Å². The highest BCUT2D eigenvalue weighted by atomic mass is 35.5. The molecule has 4 atom stereocenters. The van der Waals surface area contributed by atoms with Crippen molar-refractivity contribution in [2.75, 3.05) is 19.6 Å². The maximum absolute atomic E-state index is 10.0. The van der Waals surface area contributed by atoms with Crippen LogP contribution in [0.25, 0.3) is 0 Å². The van der Waals surface area contributed by atoms with Gasteiger partial charge in [0.1, 0.15) is 5.92 Å². The lowest BCUT2D eigenvalue weighted by Gasteiger charge is -2.46. The van der Waals surface area contributed by atoms with Gasteiger partial charge in [0.2, 0.25) is 0 Å². The average Bonchev–Trinajstić information content (AvgIpc) is 2.69. The second kappa shape index (κ2) is 7.34. The fourth-order valence-corrected chi connectivity index (χ4v) is 4.76. The highest BCUT2D eigenvalue weighted by Crippen LogP contribution is 2.53. The van der Waals surface area contributed by atoms with Crippen LogP contribution in [-0.2, 0) is 0 Å². The van der Waals surface area contributed by atoms with E-state index in [0.717, 1.165) is 18.7 Å². The number of quaternary nitrogens is 1. The molecule has 0 spiro atoms. The maximum Gasteiger partial charge on any atom is 0.190 e. The third-order valence-corrected chi connectivity index (χ3v) is 6.33. The largest absolute Gasteiger partial charge is 0.331 e. The van der Waals surface area contributed by atoms with Gasteiger partial charge in [0.15, 0.2) is 5.41 Å². The first-order valence-electron chi connectivity index (χ1n) is 8.73. The molecular formula is C20H18Cl2N5+. The summed E-state index contributed by atoms with van der Waals surface area (Å²) in [5, 5.41) is 39.2. The summed E-state index contributed by atoms with van der Waals surface area (Å²) in [4.78, 5) is 1.29. The first kappa shape index (κ1) is 19.4. The molecule has 1 heterocycles. The van der Waals surface area contributed by atoms with Gasteiger partial charge < -0.3 is 10.3 Å². The van der Waals surface area contributed by atoms with Crippen LogP contribution in [0.1, 0.15) is 18.4 Å². The van der Waals surface area contributed by atoms with Crippen LogP contribution in [0.15, 0.2) is 29.8 Å². The van der Waals surface area contributed by atoms with Gasteiger partial charge in [0.05, 0.1) is 43.6 Å². The van der Waals surface area contributed by atoms with E-state index >= 15 is 0 Å². The van der Waals surface area contributed by atoms with Crippen LogP contribution in [0, 0.1) is 56.7 Å². The zero-order valence-electron chi connectivity index (χ0n) is 14.8. The number of likely N-dealkylation sites (N-methyl/N-ethyl adjacent to an activating group) is 1. The zero-order valence-corrected chi connectivity index (χ0v) is 16.3. The number of hydrogen-bond donors (Lipinski definition) is 2. The zero-order chi connectivity index (χ0) is 19.8. The summed E-state index contributed by atoms with van der Waals surface area (Å²) in [6.45, 7) is 4.39. The smallest absolute Gasteiger partial charge is 0.190 e. The first-order chi connectivity index (χ1) is 12.9. The second-order valence-corrected chi connectivity index (χ2v) is 7.82. The van der Waals surface area contributed by atoms with Gasteiger partial charge in [-0.3, -0.25) is 0 Å². The Balaban J connectivity index is 2.30. The lowest BCUT2D eigenvalue weighted by atomic mass is 9.54. The fraction of sp³-hybridized carbons (Fsp3) is 0.400. The van der Waals surface area contributed by atoms with Gasteiger partial charge in [0.25, 0.3) is 0 Å². The molecule has 3 rings (SSSR count). The summed E-state index contributed by atoms with van der Waals surface area (Å²) in [6.07, 6.45) is 2.00. The molecule has 0 aromatic heterocycles. The number of fused-ring (bicyclic) bond motifs is 1. The molecule has 1 aromatic carbocycles. The van der Waals surface area contributed by atoms with E-state index in [2.05, 4.69) is 25.1 Å². The van der Waals surface area contributed by atoms with Crippen molar-refractivity contribution in [1.82, 2.24) is 0 Å². The number of halogens is 2. The minimum absolute atomic E-state index is 0.168. The number of nitrogens with zero attached hydrogens (tertiary/aromatic N) is 3. The number of nitrogens with one attached hydrogen (secondary N) is 2. The Bertz CT molecular complexity index is 933. The molecule has 7 heteroatoms. The van der Waals surface area contributed by atoms with Gasteiger partial charge in [0, 0.05) is 21.9 Å². The van der Waals surface area contributed by atoms with E-state index in [1.807, 2.05) is 6.08 Å². The van der Waals surface area contributed by atoms with Gasteiger partial charge in [-0.1, -0.05) is 23.2 Å². The van der Waals surface area contributed by atoms with Crippen LogP contribution in [0.5, 0.6) is 0 Å². The lowest BCUT2D eigenvalue weighted by molar-refractivity contribution is -0.897. The number of nitriles is 3. The Morgan fingerprint density at radius 1 is 1.26 bits per heavy atom. The van der Waals surface area contributed by atoms with Crippen LogP contribution < -0.4 is 4.90 Å². The summed E-state index contributed by atoms with van der Waals surface area (Å²) in [5.41, 5.74) is -0.519. The molecule has 0 amide bonds. The standard InChI is InChI=1S/C20H17Cl2N5/c1-2-27-6-5-13-15(8-23)19(26)20(10-24,11-25)18(16(13)9-27)14-7-12(21)3-4-17(14)22/h3-5,7,15-16,18,26H,2,6,9H2,1H3/p+1/t15?,16-,18+/m0/s1. The molecule has 0 saturated heterocycles. The van der Waals surface area contributed by atoms with Crippen molar-refractivity contribution in [3.8, 4) is 18.2 Å². The van der Waals surface area contributed by atoms with E-state index in [-0.39, 0.29) is 11.6 Å². The molecule has 136 valence electrons. The van der Waals surface area contributed by atoms with Crippen LogP contribution >= 0.6 is 23.2 Å². The summed E-state index contributed by atoms with van der Waals surface area (Å²) < 4.78 is 0. The fourth-order valence-electron chi connectivity index (χ4n) is 4.35. The third-order valence-electron chi connectivity index (χ3n) is 5.75. The molecule has 1 fully saturated rings. The summed E-state index contributed by atoms with van der Waals surface area (Å²) in [6, 6.07) is 11.3. The number of rotatable bonds is 2. The predicted molar refractivity (Wildman–Crippen MR) is 103 cm³/mol. The Labute approximate surface area is 168 Å². The van der Waals surface area contributed by atoms with Crippen LogP contribution in [0.3, 0.4) is 0 Å². The van der Waals surface area contributed by atoms with Gasteiger partial charge in [-0.2, -0.15) is 15.8 Å². The van der Waals surface area contributed by atoms with Gasteiger partial charge in [-0.15, -0.1) is 0 Å². The van der Waals surface area contributed by atoms with Crippen LogP contribution in [0.4, 0.5) is 0 Å². The van der Waals surface area contributed by atoms with E-state index in [4.69, 9.17) is 28.6 Å². The highest BCUT2D eigenvalue weighted by molar-refractivity contribution is 6.33. The molecule has 27 heavy (non-hydrogen) atoms. The Hall–Kier alpha value is -2.36. The van der Waals surface area contributed by atoms with Crippen molar-refractivity contribution in [1.29, 1.82) is 21.2 Å². The van der Waals surface area contributed by atoms with Gasteiger partial charge in [-0.05, 0) is 42.3 Å². The van der Waals surface area contributed by atoms with Crippen molar-refractivity contribution >= 4 is 28.9 Å². The Morgan fingerprint density at radius 3 is 2.56 bits per heavy atom. The van der Waals surface area contributed by atoms with Crippen molar-refractivity contribution < 1.29 is 4.90 Å². The van der Waals surface area contributed by atoms with Crippen molar-refractivity contribution in [2.24, 2.45) is 17.3 Å². The molecule has 2 unspecified atom stereocenters. The summed E-state index contributed by atoms with van der Waals surface area (Å²) in [5.74, 6) is -1.74. The lowest BCUT2D eigenvalue weighted by Crippen LogP contribution is -3.13. The molecule has 1 saturated carbocycles. The summed E-state index contributed by atoms with van der Waals surface area (Å²) in [7, 11) is 0. The molecule has 1 aliphatic heterocycles. The Morgan fingerprint density at radius 2 is 1.96 bits per heavy atom. The molecule has 0 bridgehead atoms. The van der Waals surface area contributed by atoms with Crippen LogP contribution in [-0.4, -0.2) is 25.3 Å². The number of hydrogen-bond acceptors (Lipinski definition) is 4. The monoisotopic (exact) mass is 398 g/mol. The predicted octanol–water partition coefficient (Wildman–Crippen LogP) is 2.74. The van der Waals surface area contributed by atoms with E-state index in [1.165, 1.54) is 4.90 Å². The van der Waals surface area contributed by atoms with Crippen molar-refractivity contribution in [3.05, 3.63) is 45.5 Å². The number of benzene rings is 1. The highest BCUT2D eigenvalue weighted by Gasteiger charge is 2.59. The minimum Gasteiger partial charge on any atom is -0.331 e. The molecule has 2 N–H and O–H groups in total. The van der Waals surface area contributed by atoms with Crippen molar-refractivity contribution in [3.63, 3.8) is 0 Å². The maximum atomic E-state index is 10.0. The quantitative estimate of drug-likeness (QED) is 0.748. The summed E-state index contributed by atoms with van der Waals surface area (Å²) >= 11 is 12.6. The molecule has 1 aromatic rings. The van der Waals surface area contributed by atoms with E-state index < -0.39 is 17.3 Å². The second-order valence-electron chi connectivity index (χ2n) is 6.97. The van der Waals surface area contributed by atoms with E-state index in [0.29, 0.717) is 22.2 Å². The van der Waals surface area contributed by atoms with Gasteiger partial charge in [-0.25, -0.2) is 0 Å². The van der Waals surface area contributed by atoms with E-state index in [1.54, 1.807) is 18.2 Å².